The summed E-state index contributed by atoms with van der Waals surface area (Å²) in [4.78, 5) is 6.17. The van der Waals surface area contributed by atoms with E-state index in [9.17, 15) is 5.11 Å². The second-order valence-corrected chi connectivity index (χ2v) is 6.78. The van der Waals surface area contributed by atoms with Crippen LogP contribution in [0, 0.1) is 0 Å². The SMILES string of the molecule is COc1ccc(-c2nc3c(s2)C(N[C@H](C)CO)CCC3)cc1. The summed E-state index contributed by atoms with van der Waals surface area (Å²) in [5, 5.41) is 13.8. The Hall–Kier alpha value is -1.43. The molecule has 1 aliphatic carbocycles. The summed E-state index contributed by atoms with van der Waals surface area (Å²) in [7, 11) is 1.68. The zero-order valence-corrected chi connectivity index (χ0v) is 13.8. The highest BCUT2D eigenvalue weighted by atomic mass is 32.1. The monoisotopic (exact) mass is 318 g/mol. The molecule has 1 unspecified atom stereocenters. The summed E-state index contributed by atoms with van der Waals surface area (Å²) in [5.41, 5.74) is 2.35. The number of rotatable bonds is 5. The second kappa shape index (κ2) is 6.77. The molecule has 0 saturated carbocycles. The minimum Gasteiger partial charge on any atom is -0.497 e. The lowest BCUT2D eigenvalue weighted by atomic mass is 9.97. The average molecular weight is 318 g/mol. The lowest BCUT2D eigenvalue weighted by Crippen LogP contribution is -2.34. The minimum absolute atomic E-state index is 0.113. The molecule has 0 radical (unpaired) electrons. The predicted octanol–water partition coefficient (Wildman–Crippen LogP) is 3.17. The number of hydrogen-bond acceptors (Lipinski definition) is 5. The van der Waals surface area contributed by atoms with Crippen LogP contribution >= 0.6 is 11.3 Å². The van der Waals surface area contributed by atoms with Crippen LogP contribution in [0.3, 0.4) is 0 Å². The first-order valence-electron chi connectivity index (χ1n) is 7.72. The maximum absolute atomic E-state index is 9.26. The number of ether oxygens (including phenoxy) is 1. The second-order valence-electron chi connectivity index (χ2n) is 5.75. The van der Waals surface area contributed by atoms with Gasteiger partial charge in [0.05, 0.1) is 19.4 Å². The van der Waals surface area contributed by atoms with E-state index < -0.39 is 0 Å². The molecule has 0 fully saturated rings. The van der Waals surface area contributed by atoms with Crippen molar-refractivity contribution in [3.63, 3.8) is 0 Å². The van der Waals surface area contributed by atoms with Crippen LogP contribution in [0.1, 0.15) is 36.4 Å². The van der Waals surface area contributed by atoms with Crippen molar-refractivity contribution >= 4 is 11.3 Å². The number of aliphatic hydroxyl groups excluding tert-OH is 1. The largest absolute Gasteiger partial charge is 0.497 e. The van der Waals surface area contributed by atoms with Crippen LogP contribution < -0.4 is 10.1 Å². The molecule has 5 heteroatoms. The van der Waals surface area contributed by atoms with Gasteiger partial charge >= 0.3 is 0 Å². The Bertz CT molecular complexity index is 624. The van der Waals surface area contributed by atoms with Gasteiger partial charge in [-0.2, -0.15) is 0 Å². The number of nitrogens with one attached hydrogen (secondary N) is 1. The third kappa shape index (κ3) is 3.16. The van der Waals surface area contributed by atoms with E-state index in [1.165, 1.54) is 10.6 Å². The van der Waals surface area contributed by atoms with E-state index >= 15 is 0 Å². The van der Waals surface area contributed by atoms with E-state index in [1.54, 1.807) is 18.4 Å². The number of aryl methyl sites for hydroxylation is 1. The van der Waals surface area contributed by atoms with E-state index in [2.05, 4.69) is 17.4 Å². The van der Waals surface area contributed by atoms with Crippen molar-refractivity contribution in [1.82, 2.24) is 10.3 Å². The van der Waals surface area contributed by atoms with Crippen molar-refractivity contribution in [3.05, 3.63) is 34.8 Å². The highest BCUT2D eigenvalue weighted by Gasteiger charge is 2.25. The van der Waals surface area contributed by atoms with Crippen molar-refractivity contribution < 1.29 is 9.84 Å². The van der Waals surface area contributed by atoms with E-state index in [1.807, 2.05) is 19.1 Å². The number of fused-ring (bicyclic) bond motifs is 1. The molecule has 0 amide bonds. The summed E-state index contributed by atoms with van der Waals surface area (Å²) in [6.45, 7) is 2.18. The molecule has 1 aromatic heterocycles. The van der Waals surface area contributed by atoms with Gasteiger partial charge in [0, 0.05) is 22.5 Å². The third-order valence-electron chi connectivity index (χ3n) is 4.05. The third-order valence-corrected chi connectivity index (χ3v) is 5.31. The van der Waals surface area contributed by atoms with Crippen molar-refractivity contribution in [2.45, 2.75) is 38.3 Å². The normalized spacial score (nSPS) is 18.8. The molecule has 0 aliphatic heterocycles. The van der Waals surface area contributed by atoms with Crippen molar-refractivity contribution in [2.75, 3.05) is 13.7 Å². The number of nitrogens with zero attached hydrogens (tertiary/aromatic N) is 1. The Morgan fingerprint density at radius 2 is 2.18 bits per heavy atom. The number of thiazole rings is 1. The van der Waals surface area contributed by atoms with E-state index in [4.69, 9.17) is 9.72 Å². The fourth-order valence-electron chi connectivity index (χ4n) is 2.83. The first-order valence-corrected chi connectivity index (χ1v) is 8.54. The Balaban J connectivity index is 1.86. The molecule has 22 heavy (non-hydrogen) atoms. The molecule has 118 valence electrons. The van der Waals surface area contributed by atoms with Crippen LogP contribution in [0.5, 0.6) is 5.75 Å². The van der Waals surface area contributed by atoms with Gasteiger partial charge in [0.1, 0.15) is 10.8 Å². The maximum atomic E-state index is 9.26. The van der Waals surface area contributed by atoms with Crippen molar-refractivity contribution in [1.29, 1.82) is 0 Å². The molecule has 1 heterocycles. The zero-order valence-electron chi connectivity index (χ0n) is 13.0. The minimum atomic E-state index is 0.113. The van der Waals surface area contributed by atoms with Gasteiger partial charge < -0.3 is 15.2 Å². The molecule has 4 nitrogen and oxygen atoms in total. The van der Waals surface area contributed by atoms with Crippen LogP contribution in [0.2, 0.25) is 0 Å². The Morgan fingerprint density at radius 1 is 1.41 bits per heavy atom. The quantitative estimate of drug-likeness (QED) is 0.889. The lowest BCUT2D eigenvalue weighted by molar-refractivity contribution is 0.237. The smallest absolute Gasteiger partial charge is 0.123 e. The van der Waals surface area contributed by atoms with Crippen LogP contribution in [-0.4, -0.2) is 29.8 Å². The van der Waals surface area contributed by atoms with Gasteiger partial charge in [-0.05, 0) is 50.5 Å². The number of benzene rings is 1. The standard InChI is InChI=1S/C17H22N2O2S/c1-11(10-20)18-14-4-3-5-15-16(14)22-17(19-15)12-6-8-13(21-2)9-7-12/h6-9,11,14,18,20H,3-5,10H2,1-2H3/t11-,14?/m1/s1. The fourth-order valence-corrected chi connectivity index (χ4v) is 4.04. The molecule has 1 aliphatic rings. The van der Waals surface area contributed by atoms with Gasteiger partial charge in [-0.3, -0.25) is 0 Å². The first kappa shape index (κ1) is 15.5. The maximum Gasteiger partial charge on any atom is 0.123 e. The molecule has 2 aromatic rings. The lowest BCUT2D eigenvalue weighted by Gasteiger charge is -2.25. The van der Waals surface area contributed by atoms with Gasteiger partial charge in [-0.15, -0.1) is 11.3 Å². The molecule has 0 bridgehead atoms. The van der Waals surface area contributed by atoms with E-state index in [-0.39, 0.29) is 12.6 Å². The Labute approximate surface area is 135 Å². The number of aliphatic hydroxyl groups is 1. The van der Waals surface area contributed by atoms with Gasteiger partial charge in [-0.1, -0.05) is 0 Å². The fraction of sp³-hybridized carbons (Fsp3) is 0.471. The van der Waals surface area contributed by atoms with E-state index in [0.717, 1.165) is 35.6 Å². The molecule has 3 rings (SSSR count). The van der Waals surface area contributed by atoms with Crippen molar-refractivity contribution in [3.8, 4) is 16.3 Å². The van der Waals surface area contributed by atoms with E-state index in [0.29, 0.717) is 6.04 Å². The summed E-state index contributed by atoms with van der Waals surface area (Å²) < 4.78 is 5.21. The van der Waals surface area contributed by atoms with Crippen LogP contribution in [0.4, 0.5) is 0 Å². The van der Waals surface area contributed by atoms with Gasteiger partial charge in [0.25, 0.3) is 0 Å². The summed E-state index contributed by atoms with van der Waals surface area (Å²) in [5.74, 6) is 0.862. The molecule has 0 spiro atoms. The topological polar surface area (TPSA) is 54.4 Å². The number of hydrogen-bond donors (Lipinski definition) is 2. The average Bonchev–Trinajstić information content (AvgIpc) is 3.00. The van der Waals surface area contributed by atoms with Gasteiger partial charge in [-0.25, -0.2) is 4.98 Å². The first-order chi connectivity index (χ1) is 10.7. The van der Waals surface area contributed by atoms with Crippen molar-refractivity contribution in [2.24, 2.45) is 0 Å². The summed E-state index contributed by atoms with van der Waals surface area (Å²) >= 11 is 1.77. The number of aromatic nitrogens is 1. The Morgan fingerprint density at radius 3 is 2.86 bits per heavy atom. The van der Waals surface area contributed by atoms with Crippen LogP contribution in [-0.2, 0) is 6.42 Å². The van der Waals surface area contributed by atoms with Crippen LogP contribution in [0.25, 0.3) is 10.6 Å². The molecular weight excluding hydrogens is 296 g/mol. The van der Waals surface area contributed by atoms with Crippen LogP contribution in [0.15, 0.2) is 24.3 Å². The molecule has 0 saturated heterocycles. The predicted molar refractivity (Wildman–Crippen MR) is 89.5 cm³/mol. The Kier molecular flexibility index (Phi) is 4.76. The summed E-state index contributed by atoms with van der Waals surface area (Å²) in [6.07, 6.45) is 3.31. The molecular formula is C17H22N2O2S. The van der Waals surface area contributed by atoms with Gasteiger partial charge in [0.2, 0.25) is 0 Å². The molecule has 2 N–H and O–H groups in total. The zero-order chi connectivity index (χ0) is 15.5. The molecule has 2 atom stereocenters. The number of methoxy groups -OCH3 is 1. The summed E-state index contributed by atoms with van der Waals surface area (Å²) in [6, 6.07) is 8.49. The highest BCUT2D eigenvalue weighted by molar-refractivity contribution is 7.15. The highest BCUT2D eigenvalue weighted by Crippen LogP contribution is 2.38. The van der Waals surface area contributed by atoms with Gasteiger partial charge in [0.15, 0.2) is 0 Å². The molecule has 1 aromatic carbocycles.